The minimum atomic E-state index is -3.64. The van der Waals surface area contributed by atoms with E-state index in [-0.39, 0.29) is 16.4 Å². The van der Waals surface area contributed by atoms with Gasteiger partial charge in [-0.1, -0.05) is 35.7 Å². The van der Waals surface area contributed by atoms with Crippen molar-refractivity contribution in [3.8, 4) is 5.75 Å². The van der Waals surface area contributed by atoms with Crippen molar-refractivity contribution in [3.05, 3.63) is 57.6 Å². The van der Waals surface area contributed by atoms with E-state index < -0.39 is 10.0 Å². The molecular formula is C22H26Cl2N2O4S2. The van der Waals surface area contributed by atoms with Crippen LogP contribution >= 0.6 is 35.0 Å². The number of thioether (sulfide) groups is 1. The Bertz CT molecular complexity index is 1060. The lowest BCUT2D eigenvalue weighted by Crippen LogP contribution is -2.35. The fraction of sp³-hybridized carbons (Fsp3) is 0.409. The smallest absolute Gasteiger partial charge is 0.255 e. The van der Waals surface area contributed by atoms with Crippen LogP contribution in [0.2, 0.25) is 10.0 Å². The van der Waals surface area contributed by atoms with Gasteiger partial charge in [-0.05, 0) is 48.7 Å². The number of carbonyl (C=O) groups is 1. The minimum Gasteiger partial charge on any atom is -0.496 e. The number of nitrogens with zero attached hydrogens (tertiary/aromatic N) is 1. The van der Waals surface area contributed by atoms with Gasteiger partial charge in [0.15, 0.2) is 0 Å². The van der Waals surface area contributed by atoms with E-state index in [0.29, 0.717) is 46.9 Å². The van der Waals surface area contributed by atoms with Crippen LogP contribution < -0.4 is 10.1 Å². The van der Waals surface area contributed by atoms with Crippen LogP contribution in [0.4, 0.5) is 0 Å². The van der Waals surface area contributed by atoms with Crippen LogP contribution in [-0.4, -0.2) is 51.1 Å². The lowest BCUT2D eigenvalue weighted by Gasteiger charge is -2.26. The third kappa shape index (κ3) is 6.32. The van der Waals surface area contributed by atoms with Gasteiger partial charge >= 0.3 is 0 Å². The molecule has 1 saturated heterocycles. The second-order valence-electron chi connectivity index (χ2n) is 7.37. The zero-order chi connectivity index (χ0) is 23.1. The summed E-state index contributed by atoms with van der Waals surface area (Å²) in [5.74, 6) is 1.32. The molecule has 1 amide bonds. The number of piperidine rings is 1. The van der Waals surface area contributed by atoms with Gasteiger partial charge in [-0.25, -0.2) is 8.42 Å². The first-order chi connectivity index (χ1) is 15.3. The molecule has 0 spiro atoms. The van der Waals surface area contributed by atoms with Crippen LogP contribution in [0.3, 0.4) is 0 Å². The molecule has 174 valence electrons. The summed E-state index contributed by atoms with van der Waals surface area (Å²) in [4.78, 5) is 12.9. The third-order valence-corrected chi connectivity index (χ3v) is 8.66. The predicted molar refractivity (Wildman–Crippen MR) is 131 cm³/mol. The van der Waals surface area contributed by atoms with Crippen molar-refractivity contribution in [2.24, 2.45) is 0 Å². The molecule has 0 radical (unpaired) electrons. The van der Waals surface area contributed by atoms with E-state index in [1.54, 1.807) is 23.9 Å². The topological polar surface area (TPSA) is 75.7 Å². The highest BCUT2D eigenvalue weighted by atomic mass is 35.5. The van der Waals surface area contributed by atoms with Gasteiger partial charge < -0.3 is 10.1 Å². The predicted octanol–water partition coefficient (Wildman–Crippen LogP) is 4.84. The van der Waals surface area contributed by atoms with Crippen LogP contribution in [0, 0.1) is 0 Å². The van der Waals surface area contributed by atoms with Gasteiger partial charge in [-0.3, -0.25) is 4.79 Å². The van der Waals surface area contributed by atoms with Crippen LogP contribution in [0.5, 0.6) is 5.75 Å². The van der Waals surface area contributed by atoms with E-state index >= 15 is 0 Å². The zero-order valence-electron chi connectivity index (χ0n) is 17.8. The van der Waals surface area contributed by atoms with Crippen LogP contribution in [0.25, 0.3) is 0 Å². The number of rotatable bonds is 9. The molecule has 1 heterocycles. The van der Waals surface area contributed by atoms with Crippen LogP contribution in [-0.2, 0) is 15.8 Å². The monoisotopic (exact) mass is 516 g/mol. The Kier molecular flexibility index (Phi) is 9.13. The van der Waals surface area contributed by atoms with Crippen molar-refractivity contribution in [3.63, 3.8) is 0 Å². The number of ether oxygens (including phenoxy) is 1. The van der Waals surface area contributed by atoms with Crippen molar-refractivity contribution in [2.45, 2.75) is 29.9 Å². The summed E-state index contributed by atoms with van der Waals surface area (Å²) in [6, 6.07) is 9.81. The number of nitrogens with one attached hydrogen (secondary N) is 1. The van der Waals surface area contributed by atoms with Crippen molar-refractivity contribution in [1.82, 2.24) is 9.62 Å². The van der Waals surface area contributed by atoms with Crippen molar-refractivity contribution >= 4 is 50.9 Å². The van der Waals surface area contributed by atoms with E-state index in [9.17, 15) is 13.2 Å². The fourth-order valence-electron chi connectivity index (χ4n) is 3.43. The second kappa shape index (κ2) is 11.6. The number of amides is 1. The Balaban J connectivity index is 1.60. The Morgan fingerprint density at radius 2 is 1.88 bits per heavy atom. The third-order valence-electron chi connectivity index (χ3n) is 5.17. The van der Waals surface area contributed by atoms with Crippen molar-refractivity contribution < 1.29 is 17.9 Å². The van der Waals surface area contributed by atoms with Gasteiger partial charge in [0.25, 0.3) is 5.91 Å². The number of sulfonamides is 1. The summed E-state index contributed by atoms with van der Waals surface area (Å²) in [5.41, 5.74) is 1.18. The fourth-order valence-corrected chi connectivity index (χ4v) is 6.39. The number of hydrogen-bond donors (Lipinski definition) is 1. The molecule has 3 rings (SSSR count). The molecule has 0 saturated carbocycles. The number of carbonyl (C=O) groups excluding carboxylic acids is 1. The first-order valence-corrected chi connectivity index (χ1v) is 13.7. The van der Waals surface area contributed by atoms with Gasteiger partial charge in [0.2, 0.25) is 10.0 Å². The number of methoxy groups -OCH3 is 1. The van der Waals surface area contributed by atoms with Gasteiger partial charge in [-0.2, -0.15) is 16.1 Å². The maximum Gasteiger partial charge on any atom is 0.255 e. The van der Waals surface area contributed by atoms with Gasteiger partial charge in [0.05, 0.1) is 17.6 Å². The number of halogens is 2. The molecule has 1 fully saturated rings. The Labute approximate surface area is 203 Å². The average Bonchev–Trinajstić information content (AvgIpc) is 2.80. The first-order valence-electron chi connectivity index (χ1n) is 10.3. The van der Waals surface area contributed by atoms with Gasteiger partial charge in [0.1, 0.15) is 5.75 Å². The first kappa shape index (κ1) is 25.2. The standard InChI is InChI=1S/C22H26Cl2N2O4S2/c1-30-21-8-7-18(32(28,29)26-10-3-2-4-11-26)14-19(21)22(27)25-9-12-31-15-16-5-6-17(23)13-20(16)24/h5-8,13-14H,2-4,9-12,15H2,1H3,(H,25,27). The van der Waals surface area contributed by atoms with E-state index in [2.05, 4.69) is 5.32 Å². The maximum absolute atomic E-state index is 13.0. The van der Waals surface area contributed by atoms with E-state index in [1.807, 2.05) is 6.07 Å². The molecule has 10 heteroatoms. The summed E-state index contributed by atoms with van der Waals surface area (Å²) >= 11 is 13.7. The molecular weight excluding hydrogens is 491 g/mol. The van der Waals surface area contributed by atoms with Crippen LogP contribution in [0.1, 0.15) is 35.2 Å². The van der Waals surface area contributed by atoms with Gasteiger partial charge in [0, 0.05) is 41.2 Å². The highest BCUT2D eigenvalue weighted by molar-refractivity contribution is 7.98. The molecule has 1 aliphatic heterocycles. The minimum absolute atomic E-state index is 0.108. The van der Waals surface area contributed by atoms with Crippen molar-refractivity contribution in [2.75, 3.05) is 32.5 Å². The van der Waals surface area contributed by atoms with Crippen molar-refractivity contribution in [1.29, 1.82) is 0 Å². The highest BCUT2D eigenvalue weighted by Crippen LogP contribution is 2.27. The summed E-state index contributed by atoms with van der Waals surface area (Å²) in [6.45, 7) is 1.43. The summed E-state index contributed by atoms with van der Waals surface area (Å²) in [5, 5.41) is 4.05. The molecule has 0 aliphatic carbocycles. The molecule has 2 aromatic carbocycles. The Morgan fingerprint density at radius 3 is 2.56 bits per heavy atom. The van der Waals surface area contributed by atoms with E-state index in [0.717, 1.165) is 24.8 Å². The summed E-state index contributed by atoms with van der Waals surface area (Å²) in [7, 11) is -2.18. The molecule has 1 N–H and O–H groups in total. The quantitative estimate of drug-likeness (QED) is 0.482. The number of benzene rings is 2. The zero-order valence-corrected chi connectivity index (χ0v) is 20.9. The average molecular weight is 518 g/mol. The molecule has 2 aromatic rings. The van der Waals surface area contributed by atoms with Gasteiger partial charge in [-0.15, -0.1) is 0 Å². The molecule has 0 bridgehead atoms. The normalized spacial score (nSPS) is 14.8. The maximum atomic E-state index is 13.0. The van der Waals surface area contributed by atoms with E-state index in [4.69, 9.17) is 27.9 Å². The van der Waals surface area contributed by atoms with Crippen LogP contribution in [0.15, 0.2) is 41.3 Å². The lowest BCUT2D eigenvalue weighted by atomic mass is 10.2. The lowest BCUT2D eigenvalue weighted by molar-refractivity contribution is 0.0953. The second-order valence-corrected chi connectivity index (χ2v) is 11.3. The molecule has 1 aliphatic rings. The molecule has 0 atom stereocenters. The Hall–Kier alpha value is -1.45. The Morgan fingerprint density at radius 1 is 1.12 bits per heavy atom. The van der Waals surface area contributed by atoms with E-state index in [1.165, 1.54) is 29.6 Å². The molecule has 32 heavy (non-hydrogen) atoms. The summed E-state index contributed by atoms with van der Waals surface area (Å²) < 4.78 is 32.7. The highest BCUT2D eigenvalue weighted by Gasteiger charge is 2.27. The SMILES string of the molecule is COc1ccc(S(=O)(=O)N2CCCCC2)cc1C(=O)NCCSCc1ccc(Cl)cc1Cl. The molecule has 0 aromatic heterocycles. The number of hydrogen-bond acceptors (Lipinski definition) is 5. The molecule has 6 nitrogen and oxygen atoms in total. The molecule has 0 unspecified atom stereocenters. The summed E-state index contributed by atoms with van der Waals surface area (Å²) in [6.07, 6.45) is 2.73. The largest absolute Gasteiger partial charge is 0.496 e.